The number of benzene rings is 3. The lowest BCUT2D eigenvalue weighted by molar-refractivity contribution is -0.166. The summed E-state index contributed by atoms with van der Waals surface area (Å²) in [4.78, 5) is 38.5. The summed E-state index contributed by atoms with van der Waals surface area (Å²) < 4.78 is 5.73. The standard InChI is InChI=1S/C32H30N4O3/c1-32-30-29(23-11-4-7-13-26(23)34-30)24(22-10-5-8-14-27(22)39-2)18-36(32)28(37)19-35(31(32)38)16-15-20-17-33-25-12-6-3-9-21(20)25/h3-14,17,24,33-34H,15-16,18-19H2,1-2H3/t24-,32-/m0/s1. The van der Waals surface area contributed by atoms with E-state index in [1.807, 2.05) is 67.7 Å². The van der Waals surface area contributed by atoms with E-state index in [-0.39, 0.29) is 24.3 Å². The molecule has 1 saturated heterocycles. The Labute approximate surface area is 226 Å². The van der Waals surface area contributed by atoms with Crippen LogP contribution in [0, 0.1) is 0 Å². The van der Waals surface area contributed by atoms with Gasteiger partial charge in [-0.2, -0.15) is 0 Å². The van der Waals surface area contributed by atoms with E-state index in [1.165, 1.54) is 0 Å². The van der Waals surface area contributed by atoms with Crippen LogP contribution in [0.1, 0.15) is 35.2 Å². The summed E-state index contributed by atoms with van der Waals surface area (Å²) in [6, 6.07) is 24.2. The first-order valence-corrected chi connectivity index (χ1v) is 13.4. The van der Waals surface area contributed by atoms with E-state index < -0.39 is 5.54 Å². The molecule has 2 N–H and O–H groups in total. The Morgan fingerprint density at radius 3 is 2.49 bits per heavy atom. The van der Waals surface area contributed by atoms with Crippen LogP contribution < -0.4 is 4.74 Å². The predicted molar refractivity (Wildman–Crippen MR) is 151 cm³/mol. The number of nitrogens with zero attached hydrogens (tertiary/aromatic N) is 2. The van der Waals surface area contributed by atoms with E-state index in [9.17, 15) is 9.59 Å². The number of carbonyl (C=O) groups excluding carboxylic acids is 2. The van der Waals surface area contributed by atoms with Crippen LogP contribution in [0.4, 0.5) is 0 Å². The van der Waals surface area contributed by atoms with E-state index >= 15 is 0 Å². The molecule has 4 heterocycles. The van der Waals surface area contributed by atoms with Crippen LogP contribution in [0.15, 0.2) is 79.0 Å². The number of aromatic amines is 2. The molecule has 5 aromatic rings. The van der Waals surface area contributed by atoms with Gasteiger partial charge in [0.05, 0.1) is 19.3 Å². The number of ether oxygens (including phenoxy) is 1. The van der Waals surface area contributed by atoms with Crippen molar-refractivity contribution in [2.24, 2.45) is 0 Å². The maximum atomic E-state index is 14.3. The minimum atomic E-state index is -1.12. The molecule has 2 aliphatic heterocycles. The average Bonchev–Trinajstić information content (AvgIpc) is 3.57. The molecule has 1 fully saturated rings. The summed E-state index contributed by atoms with van der Waals surface area (Å²) >= 11 is 0. The number of nitrogens with one attached hydrogen (secondary N) is 2. The number of para-hydroxylation sites is 3. The highest BCUT2D eigenvalue weighted by Crippen LogP contribution is 2.49. The van der Waals surface area contributed by atoms with E-state index in [4.69, 9.17) is 4.74 Å². The van der Waals surface area contributed by atoms with Crippen molar-refractivity contribution in [2.45, 2.75) is 24.8 Å². The molecule has 2 amide bonds. The first kappa shape index (κ1) is 23.6. The zero-order chi connectivity index (χ0) is 26.7. The van der Waals surface area contributed by atoms with Gasteiger partial charge in [0.1, 0.15) is 5.75 Å². The molecule has 7 rings (SSSR count). The summed E-state index contributed by atoms with van der Waals surface area (Å²) in [6.07, 6.45) is 2.67. The van der Waals surface area contributed by atoms with Gasteiger partial charge < -0.3 is 24.5 Å². The third kappa shape index (κ3) is 3.42. The van der Waals surface area contributed by atoms with Crippen molar-refractivity contribution in [2.75, 3.05) is 26.7 Å². The van der Waals surface area contributed by atoms with Crippen LogP contribution in [-0.2, 0) is 21.5 Å². The Bertz CT molecular complexity index is 1750. The number of H-pyrrole nitrogens is 2. The average molecular weight is 519 g/mol. The molecule has 2 aliphatic rings. The van der Waals surface area contributed by atoms with Crippen LogP contribution in [0.3, 0.4) is 0 Å². The molecule has 0 saturated carbocycles. The maximum Gasteiger partial charge on any atom is 0.254 e. The number of hydrogen-bond acceptors (Lipinski definition) is 3. The van der Waals surface area contributed by atoms with Crippen molar-refractivity contribution in [1.82, 2.24) is 19.8 Å². The molecule has 0 spiro atoms. The van der Waals surface area contributed by atoms with Crippen LogP contribution in [0.5, 0.6) is 5.75 Å². The predicted octanol–water partition coefficient (Wildman–Crippen LogP) is 4.93. The molecular weight excluding hydrogens is 488 g/mol. The van der Waals surface area contributed by atoms with Gasteiger partial charge in [0.2, 0.25) is 5.91 Å². The van der Waals surface area contributed by atoms with Gasteiger partial charge in [0.25, 0.3) is 5.91 Å². The first-order chi connectivity index (χ1) is 19.0. The van der Waals surface area contributed by atoms with Gasteiger partial charge in [-0.05, 0) is 42.7 Å². The van der Waals surface area contributed by atoms with E-state index in [1.54, 1.807) is 16.9 Å². The molecule has 196 valence electrons. The Morgan fingerprint density at radius 2 is 1.67 bits per heavy atom. The fraction of sp³-hybridized carbons (Fsp3) is 0.250. The number of hydrogen-bond donors (Lipinski definition) is 2. The molecule has 0 bridgehead atoms. The first-order valence-electron chi connectivity index (χ1n) is 13.4. The highest BCUT2D eigenvalue weighted by atomic mass is 16.5. The molecule has 0 aliphatic carbocycles. The summed E-state index contributed by atoms with van der Waals surface area (Å²) in [7, 11) is 1.67. The van der Waals surface area contributed by atoms with E-state index in [0.29, 0.717) is 19.5 Å². The Kier molecular flexibility index (Phi) is 5.30. The zero-order valence-corrected chi connectivity index (χ0v) is 22.0. The van der Waals surface area contributed by atoms with E-state index in [0.717, 1.165) is 49.9 Å². The molecule has 3 aromatic carbocycles. The number of rotatable bonds is 5. The van der Waals surface area contributed by atoms with Gasteiger partial charge >= 0.3 is 0 Å². The number of piperazine rings is 1. The largest absolute Gasteiger partial charge is 0.496 e. The molecular formula is C32H30N4O3. The summed E-state index contributed by atoms with van der Waals surface area (Å²) in [6.45, 7) is 2.86. The molecule has 0 unspecified atom stereocenters. The molecule has 2 atom stereocenters. The fourth-order valence-electron chi connectivity index (χ4n) is 6.69. The van der Waals surface area contributed by atoms with Gasteiger partial charge in [0, 0.05) is 52.6 Å². The van der Waals surface area contributed by atoms with Crippen molar-refractivity contribution >= 4 is 33.6 Å². The lowest BCUT2D eigenvalue weighted by Crippen LogP contribution is -2.67. The van der Waals surface area contributed by atoms with Gasteiger partial charge in [0.15, 0.2) is 5.54 Å². The third-order valence-electron chi connectivity index (χ3n) is 8.66. The zero-order valence-electron chi connectivity index (χ0n) is 22.0. The normalized spacial score (nSPS) is 20.9. The minimum Gasteiger partial charge on any atom is -0.496 e. The van der Waals surface area contributed by atoms with Crippen molar-refractivity contribution in [1.29, 1.82) is 0 Å². The Hall–Kier alpha value is -4.52. The number of methoxy groups -OCH3 is 1. The lowest BCUT2D eigenvalue weighted by Gasteiger charge is -2.51. The summed E-state index contributed by atoms with van der Waals surface area (Å²) in [5.74, 6) is 0.557. The third-order valence-corrected chi connectivity index (χ3v) is 8.66. The van der Waals surface area contributed by atoms with Crippen LogP contribution in [-0.4, -0.2) is 58.3 Å². The highest BCUT2D eigenvalue weighted by Gasteiger charge is 2.56. The van der Waals surface area contributed by atoms with Crippen molar-refractivity contribution in [3.05, 3.63) is 101 Å². The van der Waals surface area contributed by atoms with Crippen LogP contribution in [0.2, 0.25) is 0 Å². The lowest BCUT2D eigenvalue weighted by atomic mass is 9.76. The summed E-state index contributed by atoms with van der Waals surface area (Å²) in [5, 5.41) is 2.22. The monoisotopic (exact) mass is 518 g/mol. The van der Waals surface area contributed by atoms with Crippen molar-refractivity contribution in [3.63, 3.8) is 0 Å². The molecule has 7 nitrogen and oxygen atoms in total. The van der Waals surface area contributed by atoms with Crippen molar-refractivity contribution < 1.29 is 14.3 Å². The smallest absolute Gasteiger partial charge is 0.254 e. The highest BCUT2D eigenvalue weighted by molar-refractivity contribution is 6.01. The van der Waals surface area contributed by atoms with Gasteiger partial charge in [-0.3, -0.25) is 9.59 Å². The molecule has 2 aromatic heterocycles. The second kappa shape index (κ2) is 8.76. The number of aromatic nitrogens is 2. The summed E-state index contributed by atoms with van der Waals surface area (Å²) in [5.41, 5.74) is 4.92. The van der Waals surface area contributed by atoms with Gasteiger partial charge in [-0.25, -0.2) is 0 Å². The quantitative estimate of drug-likeness (QED) is 0.346. The second-order valence-corrected chi connectivity index (χ2v) is 10.7. The number of amides is 2. The Morgan fingerprint density at radius 1 is 0.949 bits per heavy atom. The maximum absolute atomic E-state index is 14.3. The molecule has 7 heteroatoms. The van der Waals surface area contributed by atoms with Crippen LogP contribution >= 0.6 is 0 Å². The topological polar surface area (TPSA) is 81.4 Å². The molecule has 0 radical (unpaired) electrons. The fourth-order valence-corrected chi connectivity index (χ4v) is 6.69. The van der Waals surface area contributed by atoms with Gasteiger partial charge in [-0.1, -0.05) is 54.6 Å². The Balaban J connectivity index is 1.31. The minimum absolute atomic E-state index is 0.0415. The second-order valence-electron chi connectivity index (χ2n) is 10.7. The van der Waals surface area contributed by atoms with Gasteiger partial charge in [-0.15, -0.1) is 0 Å². The molecule has 39 heavy (non-hydrogen) atoms. The number of fused-ring (bicyclic) bond motifs is 6. The number of carbonyl (C=O) groups is 2. The SMILES string of the molecule is COc1ccccc1[C@@H]1CN2C(=O)CN(CCc3c[nH]c4ccccc34)C(=O)[C@]2(C)c2[nH]c3ccccc3c21. The van der Waals surface area contributed by atoms with Crippen LogP contribution in [0.25, 0.3) is 21.8 Å². The van der Waals surface area contributed by atoms with E-state index in [2.05, 4.69) is 28.2 Å². The van der Waals surface area contributed by atoms with Crippen molar-refractivity contribution in [3.8, 4) is 5.75 Å².